The van der Waals surface area contributed by atoms with E-state index in [-0.39, 0.29) is 24.3 Å². The molecule has 0 bridgehead atoms. The van der Waals surface area contributed by atoms with Gasteiger partial charge in [-0.25, -0.2) is 0 Å². The molecule has 8 heteroatoms. The lowest BCUT2D eigenvalue weighted by Crippen LogP contribution is -2.59. The van der Waals surface area contributed by atoms with Crippen LogP contribution in [0.4, 0.5) is 0 Å². The average molecular weight is 513 g/mol. The maximum absolute atomic E-state index is 13.9. The number of likely N-dealkylation sites (tertiary alicyclic amines) is 1. The second kappa shape index (κ2) is 11.1. The lowest BCUT2D eigenvalue weighted by molar-refractivity contribution is -0.143. The van der Waals surface area contributed by atoms with Crippen LogP contribution in [-0.4, -0.2) is 64.0 Å². The van der Waals surface area contributed by atoms with Crippen LogP contribution >= 0.6 is 0 Å². The minimum absolute atomic E-state index is 0.0476. The third kappa shape index (κ3) is 5.45. The predicted octanol–water partition coefficient (Wildman–Crippen LogP) is 3.11. The van der Waals surface area contributed by atoms with Gasteiger partial charge in [-0.1, -0.05) is 54.1 Å². The van der Waals surface area contributed by atoms with E-state index in [0.717, 1.165) is 16.7 Å². The molecule has 3 amide bonds. The minimum Gasteiger partial charge on any atom is -0.353 e. The van der Waals surface area contributed by atoms with Crippen LogP contribution < -0.4 is 5.32 Å². The van der Waals surface area contributed by atoms with E-state index in [2.05, 4.69) is 10.3 Å². The molecule has 196 valence electrons. The summed E-state index contributed by atoms with van der Waals surface area (Å²) in [6.07, 6.45) is 4.60. The largest absolute Gasteiger partial charge is 0.353 e. The highest BCUT2D eigenvalue weighted by Gasteiger charge is 2.54. The molecule has 2 aliphatic heterocycles. The lowest BCUT2D eigenvalue weighted by Gasteiger charge is -2.44. The van der Waals surface area contributed by atoms with Gasteiger partial charge < -0.3 is 15.0 Å². The number of aromatic nitrogens is 1. The Morgan fingerprint density at radius 1 is 1.00 bits per heavy atom. The summed E-state index contributed by atoms with van der Waals surface area (Å²) in [6, 6.07) is 20.0. The van der Waals surface area contributed by atoms with Crippen molar-refractivity contribution in [2.75, 3.05) is 19.7 Å². The quantitative estimate of drug-likeness (QED) is 0.548. The average Bonchev–Trinajstić information content (AvgIpc) is 3.31. The number of nitrogens with zero attached hydrogens (tertiary/aromatic N) is 3. The number of ether oxygens (including phenoxy) is 1. The molecule has 3 heterocycles. The van der Waals surface area contributed by atoms with E-state index in [4.69, 9.17) is 4.74 Å². The summed E-state index contributed by atoms with van der Waals surface area (Å²) in [5.41, 5.74) is 2.37. The fourth-order valence-corrected chi connectivity index (χ4v) is 5.28. The monoisotopic (exact) mass is 512 g/mol. The first-order chi connectivity index (χ1) is 18.4. The van der Waals surface area contributed by atoms with Gasteiger partial charge in [0.25, 0.3) is 5.91 Å². The number of carbonyl (C=O) groups is 3. The minimum atomic E-state index is -0.944. The van der Waals surface area contributed by atoms with Crippen molar-refractivity contribution in [1.29, 1.82) is 0 Å². The van der Waals surface area contributed by atoms with Crippen molar-refractivity contribution in [3.63, 3.8) is 0 Å². The number of pyridine rings is 1. The molecule has 0 aliphatic carbocycles. The number of benzene rings is 2. The van der Waals surface area contributed by atoms with Gasteiger partial charge in [-0.3, -0.25) is 24.3 Å². The zero-order chi connectivity index (χ0) is 26.5. The van der Waals surface area contributed by atoms with Gasteiger partial charge in [0.05, 0.1) is 13.0 Å². The first-order valence-electron chi connectivity index (χ1n) is 13.0. The van der Waals surface area contributed by atoms with E-state index in [9.17, 15) is 14.4 Å². The van der Waals surface area contributed by atoms with Crippen molar-refractivity contribution in [3.05, 3.63) is 101 Å². The van der Waals surface area contributed by atoms with Gasteiger partial charge in [0.1, 0.15) is 11.8 Å². The molecule has 2 fully saturated rings. The molecular formula is C30H32N4O4. The van der Waals surface area contributed by atoms with Gasteiger partial charge in [0, 0.05) is 50.4 Å². The first-order valence-corrected chi connectivity index (χ1v) is 13.0. The molecule has 1 spiro atoms. The van der Waals surface area contributed by atoms with Crippen LogP contribution in [0.3, 0.4) is 0 Å². The summed E-state index contributed by atoms with van der Waals surface area (Å²) in [6.45, 7) is 3.25. The van der Waals surface area contributed by atoms with E-state index >= 15 is 0 Å². The molecular weight excluding hydrogens is 480 g/mol. The number of nitrogens with one attached hydrogen (secondary N) is 1. The van der Waals surface area contributed by atoms with Crippen molar-refractivity contribution < 1.29 is 19.1 Å². The standard InChI is InChI=1S/C30H32N4O4/c1-22-7-5-11-25(17-22)29(37)34-26(28(36)32-20-24-10-6-14-31-19-24)21-38-30(34)12-15-33(16-13-30)27(35)18-23-8-3-2-4-9-23/h2-11,14,17,19,26H,12-13,15-16,18,20-21H2,1H3,(H,32,36)/t26-/m1/s1. The van der Waals surface area contributed by atoms with Crippen LogP contribution in [0, 0.1) is 6.92 Å². The van der Waals surface area contributed by atoms with Crippen molar-refractivity contribution in [1.82, 2.24) is 20.1 Å². The zero-order valence-electron chi connectivity index (χ0n) is 21.5. The van der Waals surface area contributed by atoms with Crippen LogP contribution in [0.1, 0.15) is 39.9 Å². The van der Waals surface area contributed by atoms with Crippen LogP contribution in [0.25, 0.3) is 0 Å². The second-order valence-electron chi connectivity index (χ2n) is 9.94. The number of piperidine rings is 1. The topological polar surface area (TPSA) is 91.8 Å². The fraction of sp³-hybridized carbons (Fsp3) is 0.333. The van der Waals surface area contributed by atoms with Gasteiger partial charge in [-0.15, -0.1) is 0 Å². The Kier molecular flexibility index (Phi) is 7.51. The molecule has 1 atom stereocenters. The van der Waals surface area contributed by atoms with Gasteiger partial charge in [0.15, 0.2) is 0 Å². The first kappa shape index (κ1) is 25.6. The maximum atomic E-state index is 13.9. The van der Waals surface area contributed by atoms with Crippen molar-refractivity contribution in [3.8, 4) is 0 Å². The van der Waals surface area contributed by atoms with Gasteiger partial charge in [0.2, 0.25) is 11.8 Å². The van der Waals surface area contributed by atoms with E-state index in [1.165, 1.54) is 0 Å². The highest BCUT2D eigenvalue weighted by Crippen LogP contribution is 2.38. The van der Waals surface area contributed by atoms with Gasteiger partial charge in [-0.2, -0.15) is 0 Å². The summed E-state index contributed by atoms with van der Waals surface area (Å²) in [5.74, 6) is -0.461. The number of hydrogen-bond donors (Lipinski definition) is 1. The van der Waals surface area contributed by atoms with Crippen molar-refractivity contribution in [2.24, 2.45) is 0 Å². The van der Waals surface area contributed by atoms with Crippen LogP contribution in [0.2, 0.25) is 0 Å². The molecule has 1 N–H and O–H groups in total. The summed E-state index contributed by atoms with van der Waals surface area (Å²) in [5, 5.41) is 2.95. The Labute approximate surface area is 222 Å². The molecule has 38 heavy (non-hydrogen) atoms. The van der Waals surface area contributed by atoms with Crippen LogP contribution in [0.15, 0.2) is 79.1 Å². The third-order valence-corrected chi connectivity index (χ3v) is 7.33. The Morgan fingerprint density at radius 2 is 1.76 bits per heavy atom. The number of amides is 3. The van der Waals surface area contributed by atoms with Crippen LogP contribution in [0.5, 0.6) is 0 Å². The molecule has 2 aromatic carbocycles. The van der Waals surface area contributed by atoms with E-state index in [1.54, 1.807) is 23.4 Å². The SMILES string of the molecule is Cc1cccc(C(=O)N2[C@@H](C(=O)NCc3cccnc3)COC23CCN(C(=O)Cc2ccccc2)CC3)c1. The molecule has 5 rings (SSSR count). The number of aryl methyl sites for hydroxylation is 1. The second-order valence-corrected chi connectivity index (χ2v) is 9.94. The maximum Gasteiger partial charge on any atom is 0.256 e. The van der Waals surface area contributed by atoms with Crippen LogP contribution in [-0.2, 0) is 27.3 Å². The Balaban J connectivity index is 1.33. The number of rotatable bonds is 6. The molecule has 8 nitrogen and oxygen atoms in total. The lowest BCUT2D eigenvalue weighted by atomic mass is 9.96. The third-order valence-electron chi connectivity index (χ3n) is 7.33. The highest BCUT2D eigenvalue weighted by molar-refractivity contribution is 5.98. The molecule has 0 radical (unpaired) electrons. The molecule has 0 saturated carbocycles. The Bertz CT molecular complexity index is 1290. The summed E-state index contributed by atoms with van der Waals surface area (Å²) < 4.78 is 6.29. The Hall–Kier alpha value is -4.04. The smallest absolute Gasteiger partial charge is 0.256 e. The summed E-state index contributed by atoms with van der Waals surface area (Å²) in [7, 11) is 0. The highest BCUT2D eigenvalue weighted by atomic mass is 16.5. The van der Waals surface area contributed by atoms with Crippen molar-refractivity contribution in [2.45, 2.75) is 44.5 Å². The normalized spacial score (nSPS) is 18.4. The van der Waals surface area contributed by atoms with E-state index in [1.807, 2.05) is 72.5 Å². The predicted molar refractivity (Wildman–Crippen MR) is 142 cm³/mol. The van der Waals surface area contributed by atoms with Gasteiger partial charge >= 0.3 is 0 Å². The van der Waals surface area contributed by atoms with Crippen molar-refractivity contribution >= 4 is 17.7 Å². The number of hydrogen-bond acceptors (Lipinski definition) is 5. The Morgan fingerprint density at radius 3 is 2.47 bits per heavy atom. The molecule has 1 aromatic heterocycles. The zero-order valence-corrected chi connectivity index (χ0v) is 21.5. The molecule has 0 unspecified atom stereocenters. The summed E-state index contributed by atoms with van der Waals surface area (Å²) in [4.78, 5) is 47.8. The molecule has 2 saturated heterocycles. The summed E-state index contributed by atoms with van der Waals surface area (Å²) >= 11 is 0. The van der Waals surface area contributed by atoms with Gasteiger partial charge in [-0.05, 0) is 36.2 Å². The van der Waals surface area contributed by atoms with E-state index in [0.29, 0.717) is 44.5 Å². The van der Waals surface area contributed by atoms with E-state index < -0.39 is 11.8 Å². The number of carbonyl (C=O) groups excluding carboxylic acids is 3. The fourth-order valence-electron chi connectivity index (χ4n) is 5.28. The molecule has 3 aromatic rings. The molecule has 2 aliphatic rings.